The number of hydrogen-bond donors (Lipinski definition) is 10. The van der Waals surface area contributed by atoms with Gasteiger partial charge in [0.15, 0.2) is 12.6 Å². The van der Waals surface area contributed by atoms with Crippen molar-refractivity contribution in [3.05, 3.63) is 0 Å². The molecule has 3 rings (SSSR count). The minimum absolute atomic E-state index is 0.0542. The Kier molecular flexibility index (Phi) is 8.79. The fraction of sp³-hybridized carbons (Fsp3) is 1.00. The number of ether oxygens (including phenoxy) is 4. The van der Waals surface area contributed by atoms with Gasteiger partial charge in [-0.05, 0) is 12.8 Å². The molecule has 0 aromatic carbocycles. The zero-order chi connectivity index (χ0) is 23.7. The third-order valence-corrected chi connectivity index (χ3v) is 6.41. The number of aliphatic hydroxyl groups is 5. The van der Waals surface area contributed by atoms with Crippen LogP contribution in [0.2, 0.25) is 0 Å². The van der Waals surface area contributed by atoms with Gasteiger partial charge in [-0.3, -0.25) is 0 Å². The highest BCUT2D eigenvalue weighted by Gasteiger charge is 2.50. The molecule has 14 nitrogen and oxygen atoms in total. The lowest BCUT2D eigenvalue weighted by Crippen LogP contribution is -2.68. The maximum Gasteiger partial charge on any atom is 0.186 e. The van der Waals surface area contributed by atoms with Crippen molar-refractivity contribution in [3.63, 3.8) is 0 Å². The predicted molar refractivity (Wildman–Crippen MR) is 108 cm³/mol. The van der Waals surface area contributed by atoms with Gasteiger partial charge in [-0.1, -0.05) is 0 Å². The highest BCUT2D eigenvalue weighted by Crippen LogP contribution is 2.30. The number of nitrogens with two attached hydrogens (primary N) is 5. The largest absolute Gasteiger partial charge is 0.394 e. The molecule has 2 saturated heterocycles. The normalized spacial score (nSPS) is 52.7. The van der Waals surface area contributed by atoms with E-state index in [1.54, 1.807) is 0 Å². The molecule has 188 valence electrons. The molecule has 15 N–H and O–H groups in total. The first-order valence-electron chi connectivity index (χ1n) is 10.8. The molecule has 5 unspecified atom stereocenters. The van der Waals surface area contributed by atoms with E-state index >= 15 is 0 Å². The van der Waals surface area contributed by atoms with Gasteiger partial charge in [0.05, 0.1) is 30.9 Å². The minimum Gasteiger partial charge on any atom is -0.394 e. The average molecular weight is 468 g/mol. The second-order valence-corrected chi connectivity index (χ2v) is 8.78. The van der Waals surface area contributed by atoms with Gasteiger partial charge in [0.1, 0.15) is 36.6 Å². The lowest BCUT2D eigenvalue weighted by Gasteiger charge is -2.47. The summed E-state index contributed by atoms with van der Waals surface area (Å²) in [7, 11) is 0. The number of hydrogen-bond acceptors (Lipinski definition) is 14. The second kappa shape index (κ2) is 10.8. The van der Waals surface area contributed by atoms with Crippen LogP contribution in [0.4, 0.5) is 0 Å². The van der Waals surface area contributed by atoms with Crippen molar-refractivity contribution in [2.45, 2.75) is 98.4 Å². The fourth-order valence-corrected chi connectivity index (χ4v) is 4.43. The summed E-state index contributed by atoms with van der Waals surface area (Å²) in [4.78, 5) is 0. The van der Waals surface area contributed by atoms with Crippen molar-refractivity contribution in [2.24, 2.45) is 28.7 Å². The SMILES string of the molecule is NC[C@H]1O[C@H](O[C@H]2[C@H](O)[C@@H](OC3OC(CO)C(O)C(N)C3O)[C@H](N)C[C@@H]2N)[C@H](N)C[C@@H]1O. The standard InChI is InChI=1S/C18H37N5O9/c19-3-9-8(25)2-7(22)17(29-9)31-15-5(20)1-6(21)16(14(15)28)32-18-13(27)11(23)12(26)10(4-24)30-18/h5-18,24-28H,1-4,19-23H2/t5-,6+,7+,8-,9+,10?,11?,12?,13?,14-,15+,16-,17+,18?/m0/s1. The molecule has 0 bridgehead atoms. The van der Waals surface area contributed by atoms with Crippen molar-refractivity contribution >= 4 is 0 Å². The van der Waals surface area contributed by atoms with Crippen LogP contribution < -0.4 is 28.7 Å². The highest BCUT2D eigenvalue weighted by atomic mass is 16.7. The van der Waals surface area contributed by atoms with Crippen LogP contribution in [-0.4, -0.2) is 124 Å². The third kappa shape index (κ3) is 5.24. The van der Waals surface area contributed by atoms with Gasteiger partial charge in [0.25, 0.3) is 0 Å². The van der Waals surface area contributed by atoms with Gasteiger partial charge in [-0.2, -0.15) is 0 Å². The van der Waals surface area contributed by atoms with Crippen molar-refractivity contribution < 1.29 is 44.5 Å². The fourth-order valence-electron chi connectivity index (χ4n) is 4.43. The van der Waals surface area contributed by atoms with E-state index in [4.69, 9.17) is 47.6 Å². The zero-order valence-electron chi connectivity index (χ0n) is 17.7. The second-order valence-electron chi connectivity index (χ2n) is 8.78. The maximum absolute atomic E-state index is 11.0. The molecule has 14 heteroatoms. The Morgan fingerprint density at radius 3 is 1.84 bits per heavy atom. The Labute approximate surface area is 185 Å². The summed E-state index contributed by atoms with van der Waals surface area (Å²) >= 11 is 0. The summed E-state index contributed by atoms with van der Waals surface area (Å²) in [6, 6.07) is -3.27. The molecule has 3 fully saturated rings. The van der Waals surface area contributed by atoms with Gasteiger partial charge in [-0.15, -0.1) is 0 Å². The van der Waals surface area contributed by atoms with E-state index in [9.17, 15) is 25.5 Å². The van der Waals surface area contributed by atoms with Crippen LogP contribution in [0.5, 0.6) is 0 Å². The molecule has 0 amide bonds. The summed E-state index contributed by atoms with van der Waals surface area (Å²) in [5.41, 5.74) is 29.8. The van der Waals surface area contributed by atoms with Crippen LogP contribution in [0.1, 0.15) is 12.8 Å². The van der Waals surface area contributed by atoms with E-state index in [-0.39, 0.29) is 19.4 Å². The maximum atomic E-state index is 11.0. The van der Waals surface area contributed by atoms with Crippen LogP contribution in [0.3, 0.4) is 0 Å². The Morgan fingerprint density at radius 2 is 1.28 bits per heavy atom. The Morgan fingerprint density at radius 1 is 0.719 bits per heavy atom. The van der Waals surface area contributed by atoms with Crippen LogP contribution >= 0.6 is 0 Å². The molecule has 0 spiro atoms. The van der Waals surface area contributed by atoms with Crippen molar-refractivity contribution in [3.8, 4) is 0 Å². The van der Waals surface area contributed by atoms with Gasteiger partial charge in [0, 0.05) is 18.6 Å². The van der Waals surface area contributed by atoms with E-state index in [1.807, 2.05) is 0 Å². The molecule has 2 heterocycles. The molecule has 0 radical (unpaired) electrons. The lowest BCUT2D eigenvalue weighted by atomic mass is 9.84. The Balaban J connectivity index is 1.70. The minimum atomic E-state index is -1.44. The monoisotopic (exact) mass is 467 g/mol. The summed E-state index contributed by atoms with van der Waals surface area (Å²) in [5, 5.41) is 50.7. The molecule has 32 heavy (non-hydrogen) atoms. The molecular formula is C18H37N5O9. The van der Waals surface area contributed by atoms with Crippen molar-refractivity contribution in [2.75, 3.05) is 13.2 Å². The highest BCUT2D eigenvalue weighted by molar-refractivity contribution is 5.01. The molecule has 1 aliphatic carbocycles. The summed E-state index contributed by atoms with van der Waals surface area (Å²) in [6.07, 6.45) is -10.8. The molecule has 14 atom stereocenters. The quantitative estimate of drug-likeness (QED) is 0.174. The van der Waals surface area contributed by atoms with E-state index < -0.39 is 92.2 Å². The van der Waals surface area contributed by atoms with Crippen LogP contribution in [0.25, 0.3) is 0 Å². The van der Waals surface area contributed by atoms with Crippen molar-refractivity contribution in [1.82, 2.24) is 0 Å². The Bertz CT molecular complexity index is 607. The van der Waals surface area contributed by atoms with Gasteiger partial charge < -0.3 is 73.1 Å². The summed E-state index contributed by atoms with van der Waals surface area (Å²) < 4.78 is 22.7. The smallest absolute Gasteiger partial charge is 0.186 e. The van der Waals surface area contributed by atoms with Gasteiger partial charge in [-0.25, -0.2) is 0 Å². The van der Waals surface area contributed by atoms with Crippen LogP contribution in [0.15, 0.2) is 0 Å². The first kappa shape index (κ1) is 26.1. The predicted octanol–water partition coefficient (Wildman–Crippen LogP) is -6.30. The van der Waals surface area contributed by atoms with E-state index in [0.717, 1.165) is 0 Å². The van der Waals surface area contributed by atoms with Crippen LogP contribution in [-0.2, 0) is 18.9 Å². The molecule has 1 saturated carbocycles. The lowest BCUT2D eigenvalue weighted by molar-refractivity contribution is -0.314. The van der Waals surface area contributed by atoms with E-state index in [1.165, 1.54) is 0 Å². The first-order chi connectivity index (χ1) is 15.1. The molecule has 3 aliphatic rings. The van der Waals surface area contributed by atoms with Crippen molar-refractivity contribution in [1.29, 1.82) is 0 Å². The molecule has 2 aliphatic heterocycles. The summed E-state index contributed by atoms with van der Waals surface area (Å²) in [5.74, 6) is 0. The molecule has 0 aromatic heterocycles. The topological polar surface area (TPSA) is 268 Å². The van der Waals surface area contributed by atoms with Crippen LogP contribution in [0, 0.1) is 0 Å². The van der Waals surface area contributed by atoms with Gasteiger partial charge >= 0.3 is 0 Å². The van der Waals surface area contributed by atoms with E-state index in [2.05, 4.69) is 0 Å². The number of rotatable bonds is 6. The van der Waals surface area contributed by atoms with E-state index in [0.29, 0.717) is 0 Å². The third-order valence-electron chi connectivity index (χ3n) is 6.41. The molecule has 0 aromatic rings. The average Bonchev–Trinajstić information content (AvgIpc) is 2.75. The first-order valence-corrected chi connectivity index (χ1v) is 10.8. The molecular weight excluding hydrogens is 430 g/mol. The zero-order valence-corrected chi connectivity index (χ0v) is 17.7. The van der Waals surface area contributed by atoms with Gasteiger partial charge in [0.2, 0.25) is 0 Å². The number of aliphatic hydroxyl groups excluding tert-OH is 5. The Hall–Kier alpha value is -0.560. The summed E-state index contributed by atoms with van der Waals surface area (Å²) in [6.45, 7) is -0.499.